The van der Waals surface area contributed by atoms with Crippen LogP contribution in [0.2, 0.25) is 0 Å². The van der Waals surface area contributed by atoms with E-state index in [2.05, 4.69) is 9.71 Å². The van der Waals surface area contributed by atoms with Crippen LogP contribution in [0.4, 0.5) is 0 Å². The van der Waals surface area contributed by atoms with Gasteiger partial charge in [-0.05, 0) is 30.2 Å². The average molecular weight is 309 g/mol. The number of nitrogens with zero attached hydrogens (tertiary/aromatic N) is 1. The van der Waals surface area contributed by atoms with Gasteiger partial charge in [0.05, 0.1) is 7.11 Å². The zero-order chi connectivity index (χ0) is 15.2. The Morgan fingerprint density at radius 2 is 2.10 bits per heavy atom. The number of hydrogen-bond acceptors (Lipinski definition) is 3. The number of H-pyrrole nitrogens is 1. The highest BCUT2D eigenvalue weighted by Crippen LogP contribution is 2.32. The van der Waals surface area contributed by atoms with Crippen LogP contribution in [0, 0.1) is 0 Å². The first kappa shape index (κ1) is 14.4. The van der Waals surface area contributed by atoms with Crippen molar-refractivity contribution < 1.29 is 13.2 Å². The first-order valence-electron chi connectivity index (χ1n) is 6.78. The molecule has 3 rings (SSSR count). The molecule has 1 unspecified atom stereocenters. The first-order valence-corrected chi connectivity index (χ1v) is 8.22. The van der Waals surface area contributed by atoms with Gasteiger partial charge in [-0.3, -0.25) is 0 Å². The van der Waals surface area contributed by atoms with Gasteiger partial charge >= 0.3 is 0 Å². The fourth-order valence-electron chi connectivity index (χ4n) is 2.78. The molecule has 0 radical (unpaired) electrons. The molecule has 0 spiro atoms. The lowest BCUT2D eigenvalue weighted by Crippen LogP contribution is -2.42. The molecule has 1 atom stereocenters. The molecule has 0 fully saturated rings. The maximum absolute atomic E-state index is 11.9. The van der Waals surface area contributed by atoms with E-state index in [4.69, 9.17) is 4.74 Å². The predicted octanol–water partition coefficient (Wildman–Crippen LogP) is 1.04. The van der Waals surface area contributed by atoms with Crippen LogP contribution in [0.1, 0.15) is 11.3 Å². The molecule has 2 aromatic rings. The molecule has 114 valence electrons. The predicted molar refractivity (Wildman–Crippen MR) is 81.8 cm³/mol. The van der Waals surface area contributed by atoms with E-state index in [9.17, 15) is 8.42 Å². The highest BCUT2D eigenvalue weighted by molar-refractivity contribution is 7.87. The molecule has 1 aliphatic carbocycles. The molecule has 2 N–H and O–H groups in total. The number of hydrogen-bond donors (Lipinski definition) is 2. The Labute approximate surface area is 124 Å². The normalized spacial score (nSPS) is 18.4. The fourth-order valence-corrected chi connectivity index (χ4v) is 3.58. The van der Waals surface area contributed by atoms with Crippen molar-refractivity contribution in [3.8, 4) is 5.75 Å². The number of aromatic nitrogens is 1. The lowest BCUT2D eigenvalue weighted by Gasteiger charge is -2.17. The number of aromatic amines is 1. The van der Waals surface area contributed by atoms with Gasteiger partial charge in [0, 0.05) is 43.2 Å². The Morgan fingerprint density at radius 1 is 1.33 bits per heavy atom. The van der Waals surface area contributed by atoms with Crippen molar-refractivity contribution >= 4 is 21.1 Å². The lowest BCUT2D eigenvalue weighted by atomic mass is 10.1. The Kier molecular flexibility index (Phi) is 3.43. The molecular weight excluding hydrogens is 290 g/mol. The summed E-state index contributed by atoms with van der Waals surface area (Å²) in [5, 5.41) is 1.11. The van der Waals surface area contributed by atoms with Crippen LogP contribution in [0.5, 0.6) is 5.75 Å². The summed E-state index contributed by atoms with van der Waals surface area (Å²) in [7, 11) is 1.29. The topological polar surface area (TPSA) is 74.4 Å². The molecule has 0 saturated heterocycles. The zero-order valence-corrected chi connectivity index (χ0v) is 13.1. The Morgan fingerprint density at radius 3 is 2.76 bits per heavy atom. The standard InChI is InChI=1S/C14H19N3O3S/c1-17(2)21(18,19)16-9-6-11-12-8-10(20-3)4-5-13(12)15-14(11)7-9/h4-5,8-9,15-16H,6-7H2,1-3H3. The minimum absolute atomic E-state index is 0.103. The first-order chi connectivity index (χ1) is 9.90. The van der Waals surface area contributed by atoms with Crippen molar-refractivity contribution in [3.05, 3.63) is 29.5 Å². The number of methoxy groups -OCH3 is 1. The van der Waals surface area contributed by atoms with E-state index in [0.29, 0.717) is 12.8 Å². The molecule has 0 aliphatic heterocycles. The number of rotatable bonds is 4. The zero-order valence-electron chi connectivity index (χ0n) is 12.3. The Balaban J connectivity index is 1.88. The van der Waals surface area contributed by atoms with E-state index in [1.807, 2.05) is 18.2 Å². The van der Waals surface area contributed by atoms with Gasteiger partial charge in [-0.2, -0.15) is 17.4 Å². The Hall–Kier alpha value is -1.57. The van der Waals surface area contributed by atoms with Gasteiger partial charge in [0.25, 0.3) is 10.2 Å². The average Bonchev–Trinajstić information content (AvgIpc) is 2.94. The fraction of sp³-hybridized carbons (Fsp3) is 0.429. The van der Waals surface area contributed by atoms with Crippen LogP contribution < -0.4 is 9.46 Å². The van der Waals surface area contributed by atoms with E-state index in [-0.39, 0.29) is 6.04 Å². The van der Waals surface area contributed by atoms with Gasteiger partial charge in [-0.1, -0.05) is 0 Å². The summed E-state index contributed by atoms with van der Waals surface area (Å²) >= 11 is 0. The smallest absolute Gasteiger partial charge is 0.279 e. The summed E-state index contributed by atoms with van der Waals surface area (Å²) in [6.07, 6.45) is 1.37. The van der Waals surface area contributed by atoms with E-state index in [1.54, 1.807) is 7.11 Å². The minimum atomic E-state index is -3.40. The van der Waals surface area contributed by atoms with Gasteiger partial charge < -0.3 is 9.72 Å². The van der Waals surface area contributed by atoms with Crippen LogP contribution in [0.15, 0.2) is 18.2 Å². The second kappa shape index (κ2) is 5.01. The van der Waals surface area contributed by atoms with E-state index >= 15 is 0 Å². The van der Waals surface area contributed by atoms with Gasteiger partial charge in [-0.15, -0.1) is 0 Å². The molecule has 1 aliphatic rings. The minimum Gasteiger partial charge on any atom is -0.497 e. The van der Waals surface area contributed by atoms with E-state index < -0.39 is 10.2 Å². The molecule has 1 aromatic heterocycles. The molecule has 7 heteroatoms. The summed E-state index contributed by atoms with van der Waals surface area (Å²) in [6, 6.07) is 5.80. The van der Waals surface area contributed by atoms with E-state index in [1.165, 1.54) is 24.0 Å². The van der Waals surface area contributed by atoms with Crippen molar-refractivity contribution in [1.29, 1.82) is 0 Å². The van der Waals surface area contributed by atoms with E-state index in [0.717, 1.165) is 22.3 Å². The van der Waals surface area contributed by atoms with Crippen molar-refractivity contribution in [3.63, 3.8) is 0 Å². The largest absolute Gasteiger partial charge is 0.497 e. The summed E-state index contributed by atoms with van der Waals surface area (Å²) < 4.78 is 33.0. The molecule has 1 heterocycles. The van der Waals surface area contributed by atoms with Crippen LogP contribution >= 0.6 is 0 Å². The van der Waals surface area contributed by atoms with Crippen molar-refractivity contribution in [2.45, 2.75) is 18.9 Å². The second-order valence-electron chi connectivity index (χ2n) is 5.50. The molecule has 0 saturated carbocycles. The monoisotopic (exact) mass is 309 g/mol. The third-order valence-corrected chi connectivity index (χ3v) is 5.49. The highest BCUT2D eigenvalue weighted by Gasteiger charge is 2.29. The van der Waals surface area contributed by atoms with Crippen molar-refractivity contribution in [2.24, 2.45) is 0 Å². The summed E-state index contributed by atoms with van der Waals surface area (Å²) in [4.78, 5) is 3.37. The van der Waals surface area contributed by atoms with Crippen LogP contribution in [0.3, 0.4) is 0 Å². The van der Waals surface area contributed by atoms with Crippen molar-refractivity contribution in [1.82, 2.24) is 14.0 Å². The number of nitrogens with one attached hydrogen (secondary N) is 2. The highest BCUT2D eigenvalue weighted by atomic mass is 32.2. The molecule has 21 heavy (non-hydrogen) atoms. The second-order valence-corrected chi connectivity index (χ2v) is 7.42. The molecule has 0 amide bonds. The molecular formula is C14H19N3O3S. The van der Waals surface area contributed by atoms with Crippen LogP contribution in [-0.2, 0) is 23.1 Å². The summed E-state index contributed by atoms with van der Waals surface area (Å²) in [5.41, 5.74) is 3.34. The Bertz CT molecular complexity index is 780. The van der Waals surface area contributed by atoms with Gasteiger partial charge in [-0.25, -0.2) is 0 Å². The maximum Gasteiger partial charge on any atom is 0.279 e. The third kappa shape index (κ3) is 2.52. The number of fused-ring (bicyclic) bond motifs is 3. The maximum atomic E-state index is 11.9. The summed E-state index contributed by atoms with van der Waals surface area (Å²) in [6.45, 7) is 0. The van der Waals surface area contributed by atoms with Gasteiger partial charge in [0.15, 0.2) is 0 Å². The summed E-state index contributed by atoms with van der Waals surface area (Å²) in [5.74, 6) is 0.807. The van der Waals surface area contributed by atoms with Crippen molar-refractivity contribution in [2.75, 3.05) is 21.2 Å². The van der Waals surface area contributed by atoms with Gasteiger partial charge in [0.1, 0.15) is 5.75 Å². The molecule has 0 bridgehead atoms. The molecule has 1 aromatic carbocycles. The number of benzene rings is 1. The quantitative estimate of drug-likeness (QED) is 0.886. The lowest BCUT2D eigenvalue weighted by molar-refractivity contribution is 0.415. The molecule has 6 nitrogen and oxygen atoms in total. The number of ether oxygens (including phenoxy) is 1. The third-order valence-electron chi connectivity index (χ3n) is 3.90. The SMILES string of the molecule is COc1ccc2[nH]c3c(c2c1)CC(NS(=O)(=O)N(C)C)C3. The van der Waals surface area contributed by atoms with Crippen LogP contribution in [-0.4, -0.2) is 45.0 Å². The van der Waals surface area contributed by atoms with Gasteiger partial charge in [0.2, 0.25) is 0 Å². The van der Waals surface area contributed by atoms with Crippen LogP contribution in [0.25, 0.3) is 10.9 Å².